The molecule has 0 amide bonds. The first-order valence-corrected chi connectivity index (χ1v) is 6.84. The minimum Gasteiger partial charge on any atom is -0.375 e. The molecule has 1 aliphatic heterocycles. The number of ketones is 1. The summed E-state index contributed by atoms with van der Waals surface area (Å²) in [6.45, 7) is 8.62. The Kier molecular flexibility index (Phi) is 3.47. The molecule has 0 radical (unpaired) electrons. The molecule has 1 N–H and O–H groups in total. The average molecular weight is 245 g/mol. The second kappa shape index (κ2) is 4.75. The van der Waals surface area contributed by atoms with E-state index in [1.165, 1.54) is 11.1 Å². The molecule has 0 aliphatic carbocycles. The number of carbonyl (C=O) groups excluding carboxylic acids is 1. The molecule has 1 aromatic carbocycles. The Morgan fingerprint density at radius 3 is 2.72 bits per heavy atom. The van der Waals surface area contributed by atoms with Gasteiger partial charge < -0.3 is 5.32 Å². The Bertz CT molecular complexity index is 457. The van der Waals surface area contributed by atoms with Crippen molar-refractivity contribution in [3.8, 4) is 0 Å². The van der Waals surface area contributed by atoms with Crippen LogP contribution in [0.3, 0.4) is 0 Å². The summed E-state index contributed by atoms with van der Waals surface area (Å²) in [5.41, 5.74) is 4.04. The maximum Gasteiger partial charge on any atom is 0.154 e. The molecule has 1 aromatic rings. The van der Waals surface area contributed by atoms with Crippen LogP contribution >= 0.6 is 0 Å². The van der Waals surface area contributed by atoms with Crippen molar-refractivity contribution in [1.82, 2.24) is 0 Å². The quantitative estimate of drug-likeness (QED) is 0.861. The monoisotopic (exact) mass is 245 g/mol. The van der Waals surface area contributed by atoms with E-state index in [0.29, 0.717) is 12.2 Å². The first kappa shape index (κ1) is 13.1. The number of fused-ring (bicyclic) bond motifs is 1. The van der Waals surface area contributed by atoms with Crippen LogP contribution in [0, 0.1) is 0 Å². The summed E-state index contributed by atoms with van der Waals surface area (Å²) < 4.78 is 0. The lowest BCUT2D eigenvalue weighted by Gasteiger charge is -2.28. The Labute approximate surface area is 110 Å². The molecule has 1 unspecified atom stereocenters. The SMILES string of the molecule is CCC(=O)C1CCc2cc(C(C)(C)C)ccc2N1. The summed E-state index contributed by atoms with van der Waals surface area (Å²) in [5.74, 6) is 0.320. The molecule has 0 saturated carbocycles. The minimum atomic E-state index is 0.0167. The third-order valence-corrected chi connectivity index (χ3v) is 3.74. The van der Waals surface area contributed by atoms with E-state index in [2.05, 4.69) is 44.3 Å². The van der Waals surface area contributed by atoms with Gasteiger partial charge in [0.25, 0.3) is 0 Å². The van der Waals surface area contributed by atoms with Crippen LogP contribution in [0.1, 0.15) is 51.7 Å². The number of anilines is 1. The summed E-state index contributed by atoms with van der Waals surface area (Å²) >= 11 is 0. The van der Waals surface area contributed by atoms with Crippen molar-refractivity contribution in [3.63, 3.8) is 0 Å². The van der Waals surface area contributed by atoms with E-state index in [1.54, 1.807) is 0 Å². The molecule has 0 spiro atoms. The predicted molar refractivity (Wildman–Crippen MR) is 76.2 cm³/mol. The van der Waals surface area contributed by atoms with Gasteiger partial charge in [-0.05, 0) is 35.4 Å². The summed E-state index contributed by atoms with van der Waals surface area (Å²) in [4.78, 5) is 11.7. The van der Waals surface area contributed by atoms with Gasteiger partial charge in [-0.2, -0.15) is 0 Å². The van der Waals surface area contributed by atoms with Crippen LogP contribution in [0.25, 0.3) is 0 Å². The Morgan fingerprint density at radius 2 is 2.11 bits per heavy atom. The summed E-state index contributed by atoms with van der Waals surface area (Å²) in [7, 11) is 0. The van der Waals surface area contributed by atoms with E-state index in [0.717, 1.165) is 18.5 Å². The fourth-order valence-corrected chi connectivity index (χ4v) is 2.46. The second-order valence-electron chi connectivity index (χ2n) is 6.18. The van der Waals surface area contributed by atoms with Crippen molar-refractivity contribution in [2.75, 3.05) is 5.32 Å². The first-order valence-electron chi connectivity index (χ1n) is 6.84. The molecule has 98 valence electrons. The van der Waals surface area contributed by atoms with Crippen molar-refractivity contribution >= 4 is 11.5 Å². The number of hydrogen-bond donors (Lipinski definition) is 1. The standard InChI is InChI=1S/C16H23NO/c1-5-15(18)14-8-6-11-10-12(16(2,3)4)7-9-13(11)17-14/h7,9-10,14,17H,5-6,8H2,1-4H3. The van der Waals surface area contributed by atoms with Gasteiger partial charge >= 0.3 is 0 Å². The first-order chi connectivity index (χ1) is 8.41. The number of hydrogen-bond acceptors (Lipinski definition) is 2. The second-order valence-corrected chi connectivity index (χ2v) is 6.18. The highest BCUT2D eigenvalue weighted by Crippen LogP contribution is 2.31. The highest BCUT2D eigenvalue weighted by molar-refractivity contribution is 5.87. The van der Waals surface area contributed by atoms with Gasteiger partial charge in [-0.25, -0.2) is 0 Å². The fraction of sp³-hybridized carbons (Fsp3) is 0.562. The molecule has 2 heteroatoms. The Morgan fingerprint density at radius 1 is 1.39 bits per heavy atom. The number of benzene rings is 1. The number of aryl methyl sites for hydroxylation is 1. The van der Waals surface area contributed by atoms with Gasteiger partial charge in [0.2, 0.25) is 0 Å². The van der Waals surface area contributed by atoms with Gasteiger partial charge in [-0.1, -0.05) is 39.8 Å². The maximum absolute atomic E-state index is 11.7. The van der Waals surface area contributed by atoms with Gasteiger partial charge in [0, 0.05) is 12.1 Å². The molecular formula is C16H23NO. The van der Waals surface area contributed by atoms with Gasteiger partial charge in [-0.15, -0.1) is 0 Å². The van der Waals surface area contributed by atoms with Crippen LogP contribution in [0.15, 0.2) is 18.2 Å². The number of Topliss-reactive ketones (excluding diaryl/α,β-unsaturated/α-hetero) is 1. The zero-order chi connectivity index (χ0) is 13.3. The molecular weight excluding hydrogens is 222 g/mol. The van der Waals surface area contributed by atoms with Crippen LogP contribution in [0.4, 0.5) is 5.69 Å². The molecule has 0 fully saturated rings. The summed E-state index contributed by atoms with van der Waals surface area (Å²) in [6.07, 6.45) is 2.54. The number of carbonyl (C=O) groups is 1. The molecule has 0 aromatic heterocycles. The molecule has 1 aliphatic rings. The van der Waals surface area contributed by atoms with Crippen LogP contribution in [0.5, 0.6) is 0 Å². The van der Waals surface area contributed by atoms with E-state index in [4.69, 9.17) is 0 Å². The Balaban J connectivity index is 2.24. The lowest BCUT2D eigenvalue weighted by atomic mass is 9.84. The van der Waals surface area contributed by atoms with E-state index < -0.39 is 0 Å². The molecule has 1 heterocycles. The lowest BCUT2D eigenvalue weighted by molar-refractivity contribution is -0.119. The average Bonchev–Trinajstić information content (AvgIpc) is 2.35. The normalized spacial score (nSPS) is 19.0. The van der Waals surface area contributed by atoms with Crippen LogP contribution in [0.2, 0.25) is 0 Å². The highest BCUT2D eigenvalue weighted by atomic mass is 16.1. The van der Waals surface area contributed by atoms with E-state index in [1.807, 2.05) is 6.92 Å². The maximum atomic E-state index is 11.7. The third-order valence-electron chi connectivity index (χ3n) is 3.74. The molecule has 1 atom stereocenters. The molecule has 18 heavy (non-hydrogen) atoms. The van der Waals surface area contributed by atoms with Crippen molar-refractivity contribution in [2.45, 2.75) is 58.4 Å². The summed E-state index contributed by atoms with van der Waals surface area (Å²) in [6, 6.07) is 6.60. The minimum absolute atomic E-state index is 0.0167. The van der Waals surface area contributed by atoms with Crippen molar-refractivity contribution in [2.24, 2.45) is 0 Å². The molecule has 2 nitrogen and oxygen atoms in total. The van der Waals surface area contributed by atoms with Crippen molar-refractivity contribution in [1.29, 1.82) is 0 Å². The van der Waals surface area contributed by atoms with Gasteiger partial charge in [0.05, 0.1) is 6.04 Å². The molecule has 0 saturated heterocycles. The van der Waals surface area contributed by atoms with E-state index in [9.17, 15) is 4.79 Å². The zero-order valence-electron chi connectivity index (χ0n) is 11.8. The molecule has 0 bridgehead atoms. The smallest absolute Gasteiger partial charge is 0.154 e. The van der Waals surface area contributed by atoms with Crippen LogP contribution in [-0.2, 0) is 16.6 Å². The van der Waals surface area contributed by atoms with Crippen LogP contribution < -0.4 is 5.32 Å². The van der Waals surface area contributed by atoms with Crippen molar-refractivity contribution in [3.05, 3.63) is 29.3 Å². The predicted octanol–water partition coefficient (Wildman–Crippen LogP) is 3.69. The number of nitrogens with one attached hydrogen (secondary N) is 1. The fourth-order valence-electron chi connectivity index (χ4n) is 2.46. The zero-order valence-corrected chi connectivity index (χ0v) is 11.8. The summed E-state index contributed by atoms with van der Waals surface area (Å²) in [5, 5.41) is 3.38. The van der Waals surface area contributed by atoms with Crippen LogP contribution in [-0.4, -0.2) is 11.8 Å². The highest BCUT2D eigenvalue weighted by Gasteiger charge is 2.24. The number of rotatable bonds is 2. The van der Waals surface area contributed by atoms with E-state index >= 15 is 0 Å². The Hall–Kier alpha value is -1.31. The lowest BCUT2D eigenvalue weighted by Crippen LogP contribution is -2.33. The van der Waals surface area contributed by atoms with Gasteiger partial charge in [0.1, 0.15) is 0 Å². The topological polar surface area (TPSA) is 29.1 Å². The van der Waals surface area contributed by atoms with E-state index in [-0.39, 0.29) is 11.5 Å². The van der Waals surface area contributed by atoms with Gasteiger partial charge in [0.15, 0.2) is 5.78 Å². The van der Waals surface area contributed by atoms with Gasteiger partial charge in [-0.3, -0.25) is 4.79 Å². The van der Waals surface area contributed by atoms with Crippen molar-refractivity contribution < 1.29 is 4.79 Å². The molecule has 2 rings (SSSR count). The largest absolute Gasteiger partial charge is 0.375 e. The third kappa shape index (κ3) is 2.58.